The molecule has 0 radical (unpaired) electrons. The Morgan fingerprint density at radius 2 is 2.03 bits per heavy atom. The molecule has 32 heavy (non-hydrogen) atoms. The summed E-state index contributed by atoms with van der Waals surface area (Å²) >= 11 is 0. The van der Waals surface area contributed by atoms with Crippen LogP contribution < -0.4 is 10.6 Å². The molecule has 0 spiro atoms. The number of para-hydroxylation sites is 1. The molecule has 2 amide bonds. The zero-order chi connectivity index (χ0) is 22.5. The van der Waals surface area contributed by atoms with Crippen molar-refractivity contribution in [1.82, 2.24) is 25.6 Å². The molecule has 0 aliphatic heterocycles. The van der Waals surface area contributed by atoms with E-state index in [1.54, 1.807) is 24.4 Å². The van der Waals surface area contributed by atoms with Gasteiger partial charge in [0.1, 0.15) is 11.9 Å². The molecule has 2 aromatic carbocycles. The number of rotatable bonds is 7. The first kappa shape index (κ1) is 20.9. The standard InChI is InChI=1S/C24H22N6O2/c1-15(31)29-21(10-18-12-26-20-8-3-2-7-19(18)20)24(32)28-14-23-27-13-22(30-23)17-6-4-5-16(9-17)11-25/h2-9,12-13,21,26H,10,14H2,1H3,(H,27,30)(H,28,32)(H,29,31). The van der Waals surface area contributed by atoms with Crippen LogP contribution in [0, 0.1) is 11.3 Å². The van der Waals surface area contributed by atoms with Gasteiger partial charge in [-0.3, -0.25) is 9.59 Å². The lowest BCUT2D eigenvalue weighted by molar-refractivity contribution is -0.128. The van der Waals surface area contributed by atoms with Crippen molar-refractivity contribution in [2.75, 3.05) is 0 Å². The number of H-pyrrole nitrogens is 2. The fourth-order valence-corrected chi connectivity index (χ4v) is 3.62. The number of nitrogens with one attached hydrogen (secondary N) is 4. The molecular weight excluding hydrogens is 404 g/mol. The molecule has 4 rings (SSSR count). The van der Waals surface area contributed by atoms with Crippen LogP contribution in [0.3, 0.4) is 0 Å². The van der Waals surface area contributed by atoms with Gasteiger partial charge in [-0.25, -0.2) is 4.98 Å². The summed E-state index contributed by atoms with van der Waals surface area (Å²) in [4.78, 5) is 35.2. The summed E-state index contributed by atoms with van der Waals surface area (Å²) in [5.74, 6) is 0.00180. The van der Waals surface area contributed by atoms with Gasteiger partial charge >= 0.3 is 0 Å². The molecule has 1 unspecified atom stereocenters. The minimum atomic E-state index is -0.714. The molecule has 4 aromatic rings. The van der Waals surface area contributed by atoms with Gasteiger partial charge in [-0.1, -0.05) is 30.3 Å². The molecule has 0 saturated carbocycles. The summed E-state index contributed by atoms with van der Waals surface area (Å²) in [7, 11) is 0. The minimum Gasteiger partial charge on any atom is -0.361 e. The predicted octanol–water partition coefficient (Wildman–Crippen LogP) is 2.79. The Morgan fingerprint density at radius 1 is 1.19 bits per heavy atom. The third-order valence-electron chi connectivity index (χ3n) is 5.15. The van der Waals surface area contributed by atoms with E-state index in [4.69, 9.17) is 5.26 Å². The fourth-order valence-electron chi connectivity index (χ4n) is 3.62. The molecule has 2 heterocycles. The van der Waals surface area contributed by atoms with Crippen LogP contribution in [0.5, 0.6) is 0 Å². The van der Waals surface area contributed by atoms with Crippen LogP contribution >= 0.6 is 0 Å². The van der Waals surface area contributed by atoms with E-state index in [9.17, 15) is 9.59 Å². The maximum absolute atomic E-state index is 12.9. The number of aromatic amines is 2. The molecule has 0 aliphatic rings. The highest BCUT2D eigenvalue weighted by Crippen LogP contribution is 2.20. The largest absolute Gasteiger partial charge is 0.361 e. The first-order chi connectivity index (χ1) is 15.5. The second-order valence-electron chi connectivity index (χ2n) is 7.47. The van der Waals surface area contributed by atoms with Gasteiger partial charge in [-0.2, -0.15) is 5.26 Å². The molecular formula is C24H22N6O2. The number of fused-ring (bicyclic) bond motifs is 1. The summed E-state index contributed by atoms with van der Waals surface area (Å²) < 4.78 is 0. The van der Waals surface area contributed by atoms with Crippen LogP contribution in [0.2, 0.25) is 0 Å². The van der Waals surface area contributed by atoms with Gasteiger partial charge in [0.15, 0.2) is 0 Å². The van der Waals surface area contributed by atoms with E-state index in [-0.39, 0.29) is 18.4 Å². The highest BCUT2D eigenvalue weighted by Gasteiger charge is 2.21. The quantitative estimate of drug-likeness (QED) is 0.362. The van der Waals surface area contributed by atoms with Crippen LogP contribution in [0.4, 0.5) is 0 Å². The number of nitrogens with zero attached hydrogens (tertiary/aromatic N) is 2. The SMILES string of the molecule is CC(=O)NC(Cc1c[nH]c2ccccc12)C(=O)NCc1ncc(-c2cccc(C#N)c2)[nH]1. The van der Waals surface area contributed by atoms with Crippen molar-refractivity contribution < 1.29 is 9.59 Å². The van der Waals surface area contributed by atoms with E-state index in [2.05, 4.69) is 31.7 Å². The number of hydrogen-bond acceptors (Lipinski definition) is 4. The topological polar surface area (TPSA) is 126 Å². The van der Waals surface area contributed by atoms with E-state index in [0.29, 0.717) is 17.8 Å². The van der Waals surface area contributed by atoms with Crippen molar-refractivity contribution in [3.8, 4) is 17.3 Å². The van der Waals surface area contributed by atoms with Crippen molar-refractivity contribution in [2.24, 2.45) is 0 Å². The molecule has 8 nitrogen and oxygen atoms in total. The molecule has 2 aromatic heterocycles. The Bertz CT molecular complexity index is 1310. The number of hydrogen-bond donors (Lipinski definition) is 4. The van der Waals surface area contributed by atoms with E-state index in [0.717, 1.165) is 27.7 Å². The fraction of sp³-hybridized carbons (Fsp3) is 0.167. The van der Waals surface area contributed by atoms with Crippen molar-refractivity contribution >= 4 is 22.7 Å². The van der Waals surface area contributed by atoms with Crippen LogP contribution in [0.1, 0.15) is 23.9 Å². The van der Waals surface area contributed by atoms with Gasteiger partial charge in [0.25, 0.3) is 0 Å². The molecule has 0 bridgehead atoms. The van der Waals surface area contributed by atoms with Gasteiger partial charge in [-0.05, 0) is 23.8 Å². The van der Waals surface area contributed by atoms with Gasteiger partial charge in [0.2, 0.25) is 11.8 Å². The monoisotopic (exact) mass is 426 g/mol. The Kier molecular flexibility index (Phi) is 5.99. The van der Waals surface area contributed by atoms with Crippen molar-refractivity contribution in [3.63, 3.8) is 0 Å². The normalized spacial score (nSPS) is 11.6. The smallest absolute Gasteiger partial charge is 0.243 e. The summed E-state index contributed by atoms with van der Waals surface area (Å²) in [6, 6.07) is 16.4. The van der Waals surface area contributed by atoms with Gasteiger partial charge in [0, 0.05) is 36.0 Å². The number of carbonyl (C=O) groups is 2. The number of imidazole rings is 1. The Hall–Kier alpha value is -4.38. The molecule has 8 heteroatoms. The number of benzene rings is 2. The molecule has 0 fully saturated rings. The highest BCUT2D eigenvalue weighted by molar-refractivity contribution is 5.89. The lowest BCUT2D eigenvalue weighted by Gasteiger charge is -2.17. The van der Waals surface area contributed by atoms with Crippen LogP contribution in [-0.4, -0.2) is 32.8 Å². The second-order valence-corrected chi connectivity index (χ2v) is 7.47. The van der Waals surface area contributed by atoms with Crippen LogP contribution in [-0.2, 0) is 22.6 Å². The average Bonchev–Trinajstić information content (AvgIpc) is 3.44. The van der Waals surface area contributed by atoms with E-state index >= 15 is 0 Å². The number of amides is 2. The van der Waals surface area contributed by atoms with E-state index in [1.807, 2.05) is 36.5 Å². The van der Waals surface area contributed by atoms with E-state index in [1.165, 1.54) is 6.92 Å². The van der Waals surface area contributed by atoms with Crippen LogP contribution in [0.15, 0.2) is 60.9 Å². The molecule has 0 saturated heterocycles. The van der Waals surface area contributed by atoms with E-state index < -0.39 is 6.04 Å². The first-order valence-corrected chi connectivity index (χ1v) is 10.2. The van der Waals surface area contributed by atoms with Crippen molar-refractivity contribution in [3.05, 3.63) is 77.9 Å². The Morgan fingerprint density at radius 3 is 2.84 bits per heavy atom. The second kappa shape index (κ2) is 9.18. The zero-order valence-electron chi connectivity index (χ0n) is 17.5. The molecule has 160 valence electrons. The van der Waals surface area contributed by atoms with Gasteiger partial charge < -0.3 is 20.6 Å². The summed E-state index contributed by atoms with van der Waals surface area (Å²) in [6.45, 7) is 1.57. The summed E-state index contributed by atoms with van der Waals surface area (Å²) in [6.07, 6.45) is 3.88. The average molecular weight is 426 g/mol. The lowest BCUT2D eigenvalue weighted by Crippen LogP contribution is -2.47. The van der Waals surface area contributed by atoms with Crippen molar-refractivity contribution in [1.29, 1.82) is 5.26 Å². The molecule has 1 atom stereocenters. The number of carbonyl (C=O) groups excluding carboxylic acids is 2. The maximum Gasteiger partial charge on any atom is 0.243 e. The predicted molar refractivity (Wildman–Crippen MR) is 120 cm³/mol. The number of aromatic nitrogens is 3. The summed E-state index contributed by atoms with van der Waals surface area (Å²) in [5, 5.41) is 15.7. The zero-order valence-corrected chi connectivity index (χ0v) is 17.5. The molecule has 4 N–H and O–H groups in total. The maximum atomic E-state index is 12.9. The third kappa shape index (κ3) is 4.68. The third-order valence-corrected chi connectivity index (χ3v) is 5.15. The van der Waals surface area contributed by atoms with Gasteiger partial charge in [0.05, 0.1) is 30.1 Å². The van der Waals surface area contributed by atoms with Crippen LogP contribution in [0.25, 0.3) is 22.2 Å². The molecule has 0 aliphatic carbocycles. The minimum absolute atomic E-state index is 0.181. The Balaban J connectivity index is 1.44. The number of nitriles is 1. The van der Waals surface area contributed by atoms with Crippen molar-refractivity contribution in [2.45, 2.75) is 25.9 Å². The highest BCUT2D eigenvalue weighted by atomic mass is 16.2. The Labute approximate surface area is 184 Å². The first-order valence-electron chi connectivity index (χ1n) is 10.2. The summed E-state index contributed by atoms with van der Waals surface area (Å²) in [5.41, 5.74) is 4.08. The lowest BCUT2D eigenvalue weighted by atomic mass is 10.0. The van der Waals surface area contributed by atoms with Gasteiger partial charge in [-0.15, -0.1) is 0 Å².